The van der Waals surface area contributed by atoms with Crippen LogP contribution >= 0.6 is 11.3 Å². The molecule has 7 nitrogen and oxygen atoms in total. The van der Waals surface area contributed by atoms with Crippen LogP contribution in [0.3, 0.4) is 0 Å². The van der Waals surface area contributed by atoms with Crippen molar-refractivity contribution in [1.29, 1.82) is 0 Å². The Balaban J connectivity index is 1.45. The largest absolute Gasteiger partial charge is 0.339 e. The van der Waals surface area contributed by atoms with Crippen molar-refractivity contribution in [2.24, 2.45) is 0 Å². The predicted octanol–water partition coefficient (Wildman–Crippen LogP) is 1.18. The van der Waals surface area contributed by atoms with Gasteiger partial charge < -0.3 is 9.84 Å². The highest BCUT2D eigenvalue weighted by Gasteiger charge is 2.33. The monoisotopic (exact) mass is 293 g/mol. The summed E-state index contributed by atoms with van der Waals surface area (Å²) in [6.07, 6.45) is 0. The lowest BCUT2D eigenvalue weighted by Crippen LogP contribution is -2.48. The molecule has 2 aromatic heterocycles. The van der Waals surface area contributed by atoms with Crippen molar-refractivity contribution < 1.29 is 9.32 Å². The third-order valence-corrected chi connectivity index (χ3v) is 3.96. The Bertz CT molecular complexity index is 617. The number of nitrogens with one attached hydrogen (secondary N) is 1. The number of thiazole rings is 1. The van der Waals surface area contributed by atoms with E-state index >= 15 is 0 Å². The molecule has 1 fully saturated rings. The first-order valence-corrected chi connectivity index (χ1v) is 7.22. The average molecular weight is 293 g/mol. The Morgan fingerprint density at radius 2 is 2.30 bits per heavy atom. The van der Waals surface area contributed by atoms with Gasteiger partial charge in [0.05, 0.1) is 18.2 Å². The van der Waals surface area contributed by atoms with Crippen LogP contribution in [0, 0.1) is 13.8 Å². The van der Waals surface area contributed by atoms with Crippen LogP contribution in [0.5, 0.6) is 0 Å². The number of aromatic nitrogens is 3. The molecule has 8 heteroatoms. The number of rotatable bonds is 4. The van der Waals surface area contributed by atoms with Gasteiger partial charge >= 0.3 is 0 Å². The Labute approximate surface area is 120 Å². The quantitative estimate of drug-likeness (QED) is 0.911. The molecule has 3 heterocycles. The lowest BCUT2D eigenvalue weighted by Gasteiger charge is -2.36. The topological polar surface area (TPSA) is 84.2 Å². The van der Waals surface area contributed by atoms with Crippen LogP contribution in [0.4, 0.5) is 5.13 Å². The maximum atomic E-state index is 11.8. The zero-order valence-electron chi connectivity index (χ0n) is 11.3. The Hall–Kier alpha value is -1.80. The first-order valence-electron chi connectivity index (χ1n) is 6.34. The van der Waals surface area contributed by atoms with Crippen LogP contribution in [0.15, 0.2) is 9.90 Å². The summed E-state index contributed by atoms with van der Waals surface area (Å²) >= 11 is 1.44. The molecule has 0 atom stereocenters. The Kier molecular flexibility index (Phi) is 3.49. The predicted molar refractivity (Wildman–Crippen MR) is 73.7 cm³/mol. The number of carbonyl (C=O) groups is 1. The normalized spacial score (nSPS) is 16.1. The first-order chi connectivity index (χ1) is 9.60. The zero-order valence-corrected chi connectivity index (χ0v) is 12.1. The molecule has 1 aliphatic rings. The highest BCUT2D eigenvalue weighted by molar-refractivity contribution is 7.13. The highest BCUT2D eigenvalue weighted by atomic mass is 32.1. The van der Waals surface area contributed by atoms with Crippen molar-refractivity contribution in [2.45, 2.75) is 19.8 Å². The van der Waals surface area contributed by atoms with Gasteiger partial charge in [0.2, 0.25) is 11.8 Å². The van der Waals surface area contributed by atoms with Gasteiger partial charge in [-0.05, 0) is 13.8 Å². The summed E-state index contributed by atoms with van der Waals surface area (Å²) in [7, 11) is 0. The summed E-state index contributed by atoms with van der Waals surface area (Å²) in [5, 5.41) is 9.13. The minimum absolute atomic E-state index is 0.0421. The smallest absolute Gasteiger partial charge is 0.240 e. The van der Waals surface area contributed by atoms with Crippen LogP contribution in [0.25, 0.3) is 0 Å². The van der Waals surface area contributed by atoms with E-state index in [0.29, 0.717) is 23.4 Å². The van der Waals surface area contributed by atoms with E-state index in [0.717, 1.165) is 18.8 Å². The van der Waals surface area contributed by atoms with E-state index in [1.165, 1.54) is 11.3 Å². The van der Waals surface area contributed by atoms with Crippen molar-refractivity contribution >= 4 is 22.4 Å². The summed E-state index contributed by atoms with van der Waals surface area (Å²) in [6, 6.07) is 0. The van der Waals surface area contributed by atoms with Gasteiger partial charge in [-0.25, -0.2) is 4.98 Å². The van der Waals surface area contributed by atoms with E-state index < -0.39 is 0 Å². The summed E-state index contributed by atoms with van der Waals surface area (Å²) in [5.41, 5.74) is 0.918. The molecular weight excluding hydrogens is 278 g/mol. The molecule has 3 rings (SSSR count). The van der Waals surface area contributed by atoms with E-state index in [2.05, 4.69) is 20.4 Å². The number of hydrogen-bond acceptors (Lipinski definition) is 7. The van der Waals surface area contributed by atoms with E-state index in [-0.39, 0.29) is 11.8 Å². The summed E-state index contributed by atoms with van der Waals surface area (Å²) < 4.78 is 5.12. The number of nitrogens with zero attached hydrogens (tertiary/aromatic N) is 4. The SMILES string of the molecule is Cc1csc(NC(=O)CN2CC(c3nc(C)no3)C2)n1. The molecule has 1 saturated heterocycles. The number of likely N-dealkylation sites (tertiary alicyclic amines) is 1. The van der Waals surface area contributed by atoms with Crippen LogP contribution < -0.4 is 5.32 Å². The van der Waals surface area contributed by atoms with Crippen LogP contribution in [0.2, 0.25) is 0 Å². The van der Waals surface area contributed by atoms with Crippen LogP contribution in [-0.4, -0.2) is 45.6 Å². The second-order valence-corrected chi connectivity index (χ2v) is 5.77. The molecule has 0 unspecified atom stereocenters. The molecule has 0 spiro atoms. The molecule has 1 N–H and O–H groups in total. The van der Waals surface area contributed by atoms with Gasteiger partial charge in [0, 0.05) is 18.5 Å². The van der Waals surface area contributed by atoms with Gasteiger partial charge in [-0.15, -0.1) is 11.3 Å². The number of anilines is 1. The van der Waals surface area contributed by atoms with Crippen LogP contribution in [-0.2, 0) is 4.79 Å². The van der Waals surface area contributed by atoms with Crippen molar-refractivity contribution in [2.75, 3.05) is 25.0 Å². The molecule has 2 aromatic rings. The number of amides is 1. The average Bonchev–Trinajstić information content (AvgIpc) is 2.92. The minimum atomic E-state index is -0.0421. The summed E-state index contributed by atoms with van der Waals surface area (Å²) in [4.78, 5) is 22.3. The summed E-state index contributed by atoms with van der Waals surface area (Å²) in [5.74, 6) is 1.51. The maximum Gasteiger partial charge on any atom is 0.240 e. The molecule has 1 aliphatic heterocycles. The second kappa shape index (κ2) is 5.29. The zero-order chi connectivity index (χ0) is 14.1. The minimum Gasteiger partial charge on any atom is -0.339 e. The van der Waals surface area contributed by atoms with E-state index in [4.69, 9.17) is 4.52 Å². The Morgan fingerprint density at radius 1 is 1.50 bits per heavy atom. The lowest BCUT2D eigenvalue weighted by molar-refractivity contribution is -0.118. The molecule has 0 saturated carbocycles. The Morgan fingerprint density at radius 3 is 2.90 bits per heavy atom. The molecule has 0 radical (unpaired) electrons. The molecule has 0 bridgehead atoms. The standard InChI is InChI=1S/C12H15N5O2S/c1-7-6-20-12(13-7)15-10(18)5-17-3-9(4-17)11-14-8(2)16-19-11/h6,9H,3-5H2,1-2H3,(H,13,15,18). The fourth-order valence-electron chi connectivity index (χ4n) is 2.11. The molecule has 1 amide bonds. The van der Waals surface area contributed by atoms with Crippen molar-refractivity contribution in [3.8, 4) is 0 Å². The molecule has 20 heavy (non-hydrogen) atoms. The first kappa shape index (κ1) is 13.2. The van der Waals surface area contributed by atoms with E-state index in [1.54, 1.807) is 6.92 Å². The number of hydrogen-bond donors (Lipinski definition) is 1. The lowest BCUT2D eigenvalue weighted by atomic mass is 10.0. The maximum absolute atomic E-state index is 11.8. The van der Waals surface area contributed by atoms with Crippen molar-refractivity contribution in [1.82, 2.24) is 20.0 Å². The highest BCUT2D eigenvalue weighted by Crippen LogP contribution is 2.25. The van der Waals surface area contributed by atoms with Gasteiger partial charge in [-0.2, -0.15) is 4.98 Å². The van der Waals surface area contributed by atoms with Gasteiger partial charge in [0.25, 0.3) is 0 Å². The number of aryl methyl sites for hydroxylation is 2. The van der Waals surface area contributed by atoms with E-state index in [1.807, 2.05) is 17.2 Å². The van der Waals surface area contributed by atoms with Gasteiger partial charge in [-0.3, -0.25) is 9.69 Å². The van der Waals surface area contributed by atoms with Gasteiger partial charge in [0.15, 0.2) is 11.0 Å². The second-order valence-electron chi connectivity index (χ2n) is 4.91. The fraction of sp³-hybridized carbons (Fsp3) is 0.500. The number of carbonyl (C=O) groups excluding carboxylic acids is 1. The van der Waals surface area contributed by atoms with Gasteiger partial charge in [-0.1, -0.05) is 5.16 Å². The molecule has 0 aliphatic carbocycles. The molecule has 0 aromatic carbocycles. The van der Waals surface area contributed by atoms with Crippen molar-refractivity contribution in [3.05, 3.63) is 22.8 Å². The third kappa shape index (κ3) is 2.86. The fourth-order valence-corrected chi connectivity index (χ4v) is 2.81. The van der Waals surface area contributed by atoms with Gasteiger partial charge in [0.1, 0.15) is 0 Å². The van der Waals surface area contributed by atoms with Crippen LogP contribution in [0.1, 0.15) is 23.3 Å². The molecule has 106 valence electrons. The third-order valence-electron chi connectivity index (χ3n) is 3.08. The summed E-state index contributed by atoms with van der Waals surface area (Å²) in [6.45, 7) is 5.60. The van der Waals surface area contributed by atoms with E-state index in [9.17, 15) is 4.79 Å². The van der Waals surface area contributed by atoms with Crippen molar-refractivity contribution in [3.63, 3.8) is 0 Å². The molecular formula is C12H15N5O2S.